The van der Waals surface area contributed by atoms with Crippen LogP contribution in [0.4, 0.5) is 13.2 Å². The minimum Gasteiger partial charge on any atom is -0.302 e. The minimum atomic E-state index is -4.15. The van der Waals surface area contributed by atoms with Crippen LogP contribution in [0.5, 0.6) is 0 Å². The van der Waals surface area contributed by atoms with Crippen molar-refractivity contribution >= 4 is 0 Å². The Morgan fingerprint density at radius 3 is 2.75 bits per heavy atom. The second kappa shape index (κ2) is 4.09. The molecule has 0 unspecified atom stereocenters. The molecule has 1 aromatic rings. The van der Waals surface area contributed by atoms with E-state index in [2.05, 4.69) is 5.32 Å². The van der Waals surface area contributed by atoms with Crippen LogP contribution in [0, 0.1) is 0 Å². The molecule has 1 aliphatic heterocycles. The van der Waals surface area contributed by atoms with Crippen molar-refractivity contribution in [1.82, 2.24) is 5.32 Å². The Morgan fingerprint density at radius 1 is 1.38 bits per heavy atom. The average Bonchev–Trinajstić information content (AvgIpc) is 2.26. The van der Waals surface area contributed by atoms with E-state index >= 15 is 0 Å². The molecule has 88 valence electrons. The van der Waals surface area contributed by atoms with Gasteiger partial charge in [-0.3, -0.25) is 0 Å². The first-order chi connectivity index (χ1) is 7.52. The molecule has 0 bridgehead atoms. The lowest BCUT2D eigenvalue weighted by Crippen LogP contribution is -2.46. The Morgan fingerprint density at radius 2 is 2.12 bits per heavy atom. The second-order valence-electron chi connectivity index (χ2n) is 4.09. The largest absolute Gasteiger partial charge is 0.404 e. The SMILES string of the molecule is CCc1cccc2c1CN[C@@H](C(F)(F)F)C2. The van der Waals surface area contributed by atoms with Gasteiger partial charge >= 0.3 is 6.18 Å². The van der Waals surface area contributed by atoms with Crippen molar-refractivity contribution in [2.45, 2.75) is 38.5 Å². The lowest BCUT2D eigenvalue weighted by molar-refractivity contribution is -0.157. The summed E-state index contributed by atoms with van der Waals surface area (Å²) in [5.41, 5.74) is 3.02. The summed E-state index contributed by atoms with van der Waals surface area (Å²) in [6.07, 6.45) is -3.24. The van der Waals surface area contributed by atoms with Gasteiger partial charge in [-0.05, 0) is 29.5 Å². The Labute approximate surface area is 92.7 Å². The third-order valence-corrected chi connectivity index (χ3v) is 3.10. The van der Waals surface area contributed by atoms with Gasteiger partial charge in [-0.25, -0.2) is 0 Å². The van der Waals surface area contributed by atoms with Crippen molar-refractivity contribution in [3.05, 3.63) is 34.9 Å². The van der Waals surface area contributed by atoms with Crippen molar-refractivity contribution in [3.63, 3.8) is 0 Å². The van der Waals surface area contributed by atoms with Gasteiger partial charge in [0.15, 0.2) is 0 Å². The van der Waals surface area contributed by atoms with E-state index in [0.29, 0.717) is 6.54 Å². The Bertz CT molecular complexity index is 384. The molecule has 0 radical (unpaired) electrons. The first kappa shape index (κ1) is 11.5. The predicted octanol–water partition coefficient (Wildman–Crippen LogP) is 2.83. The minimum absolute atomic E-state index is 0.0483. The standard InChI is InChI=1S/C12H14F3N/c1-2-8-4-3-5-9-6-11(12(13,14)15)16-7-10(8)9/h3-5,11,16H,2,6-7H2,1H3/t11-/m1/s1. The summed E-state index contributed by atoms with van der Waals surface area (Å²) in [4.78, 5) is 0. The zero-order valence-corrected chi connectivity index (χ0v) is 9.06. The van der Waals surface area contributed by atoms with Gasteiger partial charge in [0.2, 0.25) is 0 Å². The van der Waals surface area contributed by atoms with E-state index in [1.54, 1.807) is 6.07 Å². The molecule has 0 saturated carbocycles. The molecule has 2 rings (SSSR count). The molecule has 1 aliphatic rings. The van der Waals surface area contributed by atoms with Gasteiger partial charge < -0.3 is 5.32 Å². The van der Waals surface area contributed by atoms with E-state index < -0.39 is 12.2 Å². The maximum atomic E-state index is 12.6. The monoisotopic (exact) mass is 229 g/mol. The molecule has 0 fully saturated rings. The highest BCUT2D eigenvalue weighted by Crippen LogP contribution is 2.29. The topological polar surface area (TPSA) is 12.0 Å². The zero-order chi connectivity index (χ0) is 11.8. The lowest BCUT2D eigenvalue weighted by atomic mass is 9.91. The molecule has 1 heterocycles. The molecular weight excluding hydrogens is 215 g/mol. The van der Waals surface area contributed by atoms with E-state index in [-0.39, 0.29) is 6.42 Å². The van der Waals surface area contributed by atoms with E-state index in [1.807, 2.05) is 19.1 Å². The maximum Gasteiger partial charge on any atom is 0.404 e. The van der Waals surface area contributed by atoms with Crippen LogP contribution in [-0.2, 0) is 19.4 Å². The van der Waals surface area contributed by atoms with Crippen LogP contribution in [-0.4, -0.2) is 12.2 Å². The number of hydrogen-bond acceptors (Lipinski definition) is 1. The third-order valence-electron chi connectivity index (χ3n) is 3.10. The number of aryl methyl sites for hydroxylation is 1. The predicted molar refractivity (Wildman–Crippen MR) is 56.2 cm³/mol. The Kier molecular flexibility index (Phi) is 2.93. The van der Waals surface area contributed by atoms with Gasteiger partial charge in [0.25, 0.3) is 0 Å². The molecule has 16 heavy (non-hydrogen) atoms. The van der Waals surface area contributed by atoms with E-state index in [0.717, 1.165) is 23.1 Å². The fourth-order valence-corrected chi connectivity index (χ4v) is 2.19. The average molecular weight is 229 g/mol. The van der Waals surface area contributed by atoms with Crippen LogP contribution in [0.25, 0.3) is 0 Å². The summed E-state index contributed by atoms with van der Waals surface area (Å²) in [5.74, 6) is 0. The third kappa shape index (κ3) is 2.07. The summed E-state index contributed by atoms with van der Waals surface area (Å²) >= 11 is 0. The first-order valence-corrected chi connectivity index (χ1v) is 5.42. The fourth-order valence-electron chi connectivity index (χ4n) is 2.19. The van der Waals surface area contributed by atoms with Crippen molar-refractivity contribution in [2.75, 3.05) is 0 Å². The molecule has 1 aromatic carbocycles. The highest BCUT2D eigenvalue weighted by Gasteiger charge is 2.41. The first-order valence-electron chi connectivity index (χ1n) is 5.42. The van der Waals surface area contributed by atoms with Crippen molar-refractivity contribution in [2.24, 2.45) is 0 Å². The van der Waals surface area contributed by atoms with Crippen molar-refractivity contribution < 1.29 is 13.2 Å². The zero-order valence-electron chi connectivity index (χ0n) is 9.06. The maximum absolute atomic E-state index is 12.6. The smallest absolute Gasteiger partial charge is 0.302 e. The molecule has 1 N–H and O–H groups in total. The highest BCUT2D eigenvalue weighted by atomic mass is 19.4. The molecule has 0 aliphatic carbocycles. The number of hydrogen-bond donors (Lipinski definition) is 1. The molecule has 0 saturated heterocycles. The summed E-state index contributed by atoms with van der Waals surface area (Å²) in [6.45, 7) is 2.34. The molecule has 0 aromatic heterocycles. The van der Waals surface area contributed by atoms with Gasteiger partial charge in [0, 0.05) is 6.54 Å². The van der Waals surface area contributed by atoms with Gasteiger partial charge in [0.1, 0.15) is 6.04 Å². The normalized spacial score (nSPS) is 20.6. The number of halogens is 3. The van der Waals surface area contributed by atoms with E-state index in [9.17, 15) is 13.2 Å². The van der Waals surface area contributed by atoms with Crippen LogP contribution < -0.4 is 5.32 Å². The van der Waals surface area contributed by atoms with E-state index in [4.69, 9.17) is 0 Å². The van der Waals surface area contributed by atoms with Crippen LogP contribution >= 0.6 is 0 Å². The van der Waals surface area contributed by atoms with Gasteiger partial charge in [-0.15, -0.1) is 0 Å². The molecule has 1 atom stereocenters. The van der Waals surface area contributed by atoms with Gasteiger partial charge in [-0.2, -0.15) is 13.2 Å². The van der Waals surface area contributed by atoms with Crippen LogP contribution in [0.2, 0.25) is 0 Å². The van der Waals surface area contributed by atoms with Crippen molar-refractivity contribution in [3.8, 4) is 0 Å². The van der Waals surface area contributed by atoms with E-state index in [1.165, 1.54) is 0 Å². The molecular formula is C12H14F3N. The Balaban J connectivity index is 2.28. The van der Waals surface area contributed by atoms with Crippen LogP contribution in [0.15, 0.2) is 18.2 Å². The lowest BCUT2D eigenvalue weighted by Gasteiger charge is -2.29. The fraction of sp³-hybridized carbons (Fsp3) is 0.500. The number of nitrogens with one attached hydrogen (secondary N) is 1. The second-order valence-corrected chi connectivity index (χ2v) is 4.09. The molecule has 1 nitrogen and oxygen atoms in total. The van der Waals surface area contributed by atoms with Gasteiger partial charge in [-0.1, -0.05) is 25.1 Å². The molecule has 4 heteroatoms. The number of fused-ring (bicyclic) bond motifs is 1. The van der Waals surface area contributed by atoms with Crippen LogP contribution in [0.3, 0.4) is 0 Å². The summed E-state index contributed by atoms with van der Waals surface area (Å²) in [6, 6.07) is 4.23. The highest BCUT2D eigenvalue weighted by molar-refractivity contribution is 5.37. The number of benzene rings is 1. The molecule has 0 spiro atoms. The van der Waals surface area contributed by atoms with Crippen LogP contribution in [0.1, 0.15) is 23.6 Å². The summed E-state index contributed by atoms with van der Waals surface area (Å²) in [7, 11) is 0. The summed E-state index contributed by atoms with van der Waals surface area (Å²) < 4.78 is 37.7. The Hall–Kier alpha value is -1.03. The van der Waals surface area contributed by atoms with Gasteiger partial charge in [0.05, 0.1) is 0 Å². The number of alkyl halides is 3. The summed E-state index contributed by atoms with van der Waals surface area (Å²) in [5, 5.41) is 2.56. The quantitative estimate of drug-likeness (QED) is 0.780. The van der Waals surface area contributed by atoms with Crippen molar-refractivity contribution in [1.29, 1.82) is 0 Å². The molecule has 0 amide bonds. The number of rotatable bonds is 1.